The minimum absolute atomic E-state index is 0.0784. The molecule has 2 aromatic heterocycles. The topological polar surface area (TPSA) is 76.0 Å². The van der Waals surface area contributed by atoms with Crippen LogP contribution < -0.4 is 10.6 Å². The second-order valence-corrected chi connectivity index (χ2v) is 7.40. The predicted molar refractivity (Wildman–Crippen MR) is 102 cm³/mol. The number of H-pyrrole nitrogens is 1. The summed E-state index contributed by atoms with van der Waals surface area (Å²) in [7, 11) is 0. The number of benzene rings is 1. The molecule has 1 saturated heterocycles. The molecule has 134 valence electrons. The highest BCUT2D eigenvalue weighted by Gasteiger charge is 2.24. The minimum atomic E-state index is -0.0784. The lowest BCUT2D eigenvalue weighted by Gasteiger charge is -2.25. The Balaban J connectivity index is 1.38. The van der Waals surface area contributed by atoms with Crippen LogP contribution in [0.3, 0.4) is 0 Å². The molecule has 26 heavy (non-hydrogen) atoms. The van der Waals surface area contributed by atoms with E-state index in [-0.39, 0.29) is 5.69 Å². The number of nitrogens with zero attached hydrogens (tertiary/aromatic N) is 4. The second kappa shape index (κ2) is 6.37. The average Bonchev–Trinajstić information content (AvgIpc) is 3.40. The smallest absolute Gasteiger partial charge is 0.330 e. The van der Waals surface area contributed by atoms with Crippen molar-refractivity contribution in [2.24, 2.45) is 0 Å². The van der Waals surface area contributed by atoms with Gasteiger partial charge in [0.1, 0.15) is 5.82 Å². The summed E-state index contributed by atoms with van der Waals surface area (Å²) in [6.07, 6.45) is 3.91. The Bertz CT molecular complexity index is 1030. The molecule has 1 fully saturated rings. The predicted octanol–water partition coefficient (Wildman–Crippen LogP) is 2.44. The van der Waals surface area contributed by atoms with E-state index < -0.39 is 0 Å². The van der Waals surface area contributed by atoms with Crippen molar-refractivity contribution < 1.29 is 4.74 Å². The summed E-state index contributed by atoms with van der Waals surface area (Å²) in [5.74, 6) is 1.24. The van der Waals surface area contributed by atoms with Crippen LogP contribution in [-0.2, 0) is 4.74 Å². The Hall–Kier alpha value is -2.45. The maximum Gasteiger partial charge on any atom is 0.330 e. The van der Waals surface area contributed by atoms with Crippen LogP contribution in [0.2, 0.25) is 0 Å². The van der Waals surface area contributed by atoms with Gasteiger partial charge in [-0.1, -0.05) is 12.1 Å². The van der Waals surface area contributed by atoms with E-state index in [1.165, 1.54) is 11.5 Å². The third kappa shape index (κ3) is 2.65. The van der Waals surface area contributed by atoms with Crippen molar-refractivity contribution in [3.63, 3.8) is 0 Å². The molecule has 4 heterocycles. The summed E-state index contributed by atoms with van der Waals surface area (Å²) in [4.78, 5) is 22.2. The Morgan fingerprint density at radius 2 is 2.23 bits per heavy atom. The van der Waals surface area contributed by atoms with Crippen LogP contribution in [0.4, 0.5) is 5.13 Å². The van der Waals surface area contributed by atoms with Gasteiger partial charge >= 0.3 is 5.69 Å². The number of para-hydroxylation sites is 2. The van der Waals surface area contributed by atoms with Gasteiger partial charge in [0.15, 0.2) is 0 Å². The van der Waals surface area contributed by atoms with Crippen molar-refractivity contribution >= 4 is 33.4 Å². The van der Waals surface area contributed by atoms with E-state index in [0.29, 0.717) is 5.92 Å². The number of anilines is 1. The van der Waals surface area contributed by atoms with Gasteiger partial charge in [-0.2, -0.15) is 4.37 Å². The lowest BCUT2D eigenvalue weighted by molar-refractivity contribution is 0.193. The molecule has 1 atom stereocenters. The van der Waals surface area contributed by atoms with E-state index in [0.717, 1.165) is 66.8 Å². The highest BCUT2D eigenvalue weighted by molar-refractivity contribution is 7.09. The molecule has 1 unspecified atom stereocenters. The van der Waals surface area contributed by atoms with Gasteiger partial charge in [0, 0.05) is 49.3 Å². The van der Waals surface area contributed by atoms with Gasteiger partial charge in [-0.25, -0.2) is 9.78 Å². The summed E-state index contributed by atoms with van der Waals surface area (Å²) in [6.45, 7) is 3.09. The first-order chi connectivity index (χ1) is 12.8. The fourth-order valence-electron chi connectivity index (χ4n) is 3.63. The number of rotatable bonds is 3. The normalized spacial score (nSPS) is 20.7. The van der Waals surface area contributed by atoms with E-state index in [4.69, 9.17) is 9.72 Å². The molecule has 3 aromatic rings. The molecular weight excluding hydrogens is 350 g/mol. The van der Waals surface area contributed by atoms with E-state index in [1.807, 2.05) is 24.3 Å². The number of fused-ring (bicyclic) bond motifs is 1. The van der Waals surface area contributed by atoms with Gasteiger partial charge in [-0.05, 0) is 24.6 Å². The Kier molecular flexibility index (Phi) is 3.86. The van der Waals surface area contributed by atoms with Crippen molar-refractivity contribution in [1.82, 2.24) is 18.9 Å². The van der Waals surface area contributed by atoms with Gasteiger partial charge < -0.3 is 14.6 Å². The highest BCUT2D eigenvalue weighted by Crippen LogP contribution is 2.29. The summed E-state index contributed by atoms with van der Waals surface area (Å²) in [5.41, 5.74) is 2.76. The van der Waals surface area contributed by atoms with E-state index in [1.54, 1.807) is 4.57 Å². The van der Waals surface area contributed by atoms with Gasteiger partial charge in [-0.3, -0.25) is 4.57 Å². The van der Waals surface area contributed by atoms with Crippen molar-refractivity contribution in [2.75, 3.05) is 31.2 Å². The Morgan fingerprint density at radius 1 is 1.31 bits per heavy atom. The third-order valence-electron chi connectivity index (χ3n) is 5.06. The molecule has 0 spiro atoms. The minimum Gasteiger partial charge on any atom is -0.381 e. The number of imidazole rings is 1. The number of ether oxygens (including phenoxy) is 1. The molecule has 1 N–H and O–H groups in total. The fraction of sp³-hybridized carbons (Fsp3) is 0.389. The lowest BCUT2D eigenvalue weighted by atomic mass is 10.1. The summed E-state index contributed by atoms with van der Waals surface area (Å²) >= 11 is 1.45. The maximum atomic E-state index is 12.4. The molecule has 0 amide bonds. The van der Waals surface area contributed by atoms with Crippen LogP contribution in [0.25, 0.3) is 16.7 Å². The molecule has 1 aromatic carbocycles. The first-order valence-corrected chi connectivity index (χ1v) is 9.62. The van der Waals surface area contributed by atoms with Crippen LogP contribution in [0.15, 0.2) is 35.1 Å². The van der Waals surface area contributed by atoms with Crippen LogP contribution in [-0.4, -0.2) is 45.2 Å². The summed E-state index contributed by atoms with van der Waals surface area (Å²) < 4.78 is 11.7. The van der Waals surface area contributed by atoms with E-state index >= 15 is 0 Å². The van der Waals surface area contributed by atoms with E-state index in [9.17, 15) is 4.79 Å². The zero-order chi connectivity index (χ0) is 17.5. The van der Waals surface area contributed by atoms with E-state index in [2.05, 4.69) is 20.3 Å². The molecule has 8 heteroatoms. The zero-order valence-electron chi connectivity index (χ0n) is 14.2. The third-order valence-corrected chi connectivity index (χ3v) is 5.85. The Morgan fingerprint density at radius 3 is 3.04 bits per heavy atom. The SMILES string of the molecule is O=c1[nH]c2ccccc2n1C1=CCN(c2nc(C3CCOC3)ns2)CC1. The van der Waals surface area contributed by atoms with Gasteiger partial charge in [0.25, 0.3) is 0 Å². The highest BCUT2D eigenvalue weighted by atomic mass is 32.1. The van der Waals surface area contributed by atoms with Crippen LogP contribution in [0, 0.1) is 0 Å². The van der Waals surface area contributed by atoms with Crippen LogP contribution in [0.1, 0.15) is 24.6 Å². The molecule has 0 aliphatic carbocycles. The molecule has 7 nitrogen and oxygen atoms in total. The summed E-state index contributed by atoms with van der Waals surface area (Å²) in [5, 5.41) is 0.952. The van der Waals surface area contributed by atoms with Gasteiger partial charge in [-0.15, -0.1) is 0 Å². The second-order valence-electron chi connectivity index (χ2n) is 6.67. The van der Waals surface area contributed by atoms with Crippen LogP contribution >= 0.6 is 11.5 Å². The molecule has 0 radical (unpaired) electrons. The largest absolute Gasteiger partial charge is 0.381 e. The number of nitrogens with one attached hydrogen (secondary N) is 1. The maximum absolute atomic E-state index is 12.4. The lowest BCUT2D eigenvalue weighted by Crippen LogP contribution is -2.31. The number of aromatic amines is 1. The first-order valence-electron chi connectivity index (χ1n) is 8.85. The van der Waals surface area contributed by atoms with Crippen molar-refractivity contribution in [2.45, 2.75) is 18.8 Å². The molecule has 0 saturated carbocycles. The zero-order valence-corrected chi connectivity index (χ0v) is 15.0. The Labute approximate surface area is 154 Å². The number of hydrogen-bond donors (Lipinski definition) is 1. The molecule has 0 bridgehead atoms. The molecule has 2 aliphatic heterocycles. The fourth-order valence-corrected chi connectivity index (χ4v) is 4.41. The van der Waals surface area contributed by atoms with Crippen molar-refractivity contribution in [3.8, 4) is 0 Å². The summed E-state index contributed by atoms with van der Waals surface area (Å²) in [6, 6.07) is 7.79. The van der Waals surface area contributed by atoms with Crippen LogP contribution in [0.5, 0.6) is 0 Å². The molecule has 2 aliphatic rings. The monoisotopic (exact) mass is 369 g/mol. The van der Waals surface area contributed by atoms with Crippen molar-refractivity contribution in [3.05, 3.63) is 46.7 Å². The first kappa shape index (κ1) is 15.8. The number of hydrogen-bond acceptors (Lipinski definition) is 6. The number of aromatic nitrogens is 4. The van der Waals surface area contributed by atoms with Gasteiger partial charge in [0.05, 0.1) is 17.6 Å². The molecular formula is C18H19N5O2S. The van der Waals surface area contributed by atoms with Gasteiger partial charge in [0.2, 0.25) is 5.13 Å². The molecule has 5 rings (SSSR count). The quantitative estimate of drug-likeness (QED) is 0.767. The average molecular weight is 369 g/mol. The van der Waals surface area contributed by atoms with Crippen molar-refractivity contribution in [1.29, 1.82) is 0 Å². The standard InChI is InChI=1S/C18H19N5O2S/c24-17-19-14-3-1-2-4-15(14)23(17)13-5-8-22(9-6-13)18-20-16(21-26-18)12-7-10-25-11-12/h1-5,12H,6-11H2,(H,19,24).